The highest BCUT2D eigenvalue weighted by molar-refractivity contribution is 5.94. The van der Waals surface area contributed by atoms with Crippen molar-refractivity contribution in [1.29, 1.82) is 0 Å². The summed E-state index contributed by atoms with van der Waals surface area (Å²) in [5, 5.41) is 0. The van der Waals surface area contributed by atoms with Crippen molar-refractivity contribution in [2.24, 2.45) is 0 Å². The minimum absolute atomic E-state index is 0.0595. The first-order chi connectivity index (χ1) is 6.09. The van der Waals surface area contributed by atoms with Gasteiger partial charge in [-0.2, -0.15) is 0 Å². The van der Waals surface area contributed by atoms with Crippen molar-refractivity contribution in [3.8, 4) is 0 Å². The van der Waals surface area contributed by atoms with Gasteiger partial charge in [0.2, 0.25) is 5.78 Å². The molecule has 72 valence electrons. The van der Waals surface area contributed by atoms with E-state index in [0.717, 1.165) is 6.08 Å². The normalized spacial score (nSPS) is 22.5. The van der Waals surface area contributed by atoms with E-state index < -0.39 is 23.7 Å². The minimum atomic E-state index is -0.830. The van der Waals surface area contributed by atoms with Gasteiger partial charge in [-0.1, -0.05) is 0 Å². The van der Waals surface area contributed by atoms with Crippen molar-refractivity contribution < 1.29 is 23.5 Å². The molecule has 4 nitrogen and oxygen atoms in total. The van der Waals surface area contributed by atoms with Gasteiger partial charge in [-0.15, -0.1) is 0 Å². The van der Waals surface area contributed by atoms with Crippen molar-refractivity contribution >= 4 is 11.8 Å². The number of halogens is 1. The van der Waals surface area contributed by atoms with Gasteiger partial charge in [-0.3, -0.25) is 9.59 Å². The molecule has 5 heteroatoms. The van der Waals surface area contributed by atoms with E-state index in [0.29, 0.717) is 0 Å². The van der Waals surface area contributed by atoms with E-state index in [9.17, 15) is 14.0 Å². The van der Waals surface area contributed by atoms with Gasteiger partial charge in [0.05, 0.1) is 0 Å². The quantitative estimate of drug-likeness (QED) is 0.587. The third-order valence-electron chi connectivity index (χ3n) is 1.48. The monoisotopic (exact) mass is 188 g/mol. The average molecular weight is 188 g/mol. The zero-order chi connectivity index (χ0) is 9.84. The van der Waals surface area contributed by atoms with Crippen LogP contribution in [0.15, 0.2) is 11.9 Å². The predicted molar refractivity (Wildman–Crippen MR) is 40.6 cm³/mol. The van der Waals surface area contributed by atoms with E-state index in [-0.39, 0.29) is 13.2 Å². The maximum absolute atomic E-state index is 12.6. The SMILES string of the molecule is CC(=O)OC[C@@H]1C=C(F)C(=O)CO1. The number of rotatable bonds is 2. The second kappa shape index (κ2) is 4.13. The zero-order valence-corrected chi connectivity index (χ0v) is 7.08. The Morgan fingerprint density at radius 2 is 2.54 bits per heavy atom. The molecule has 1 aliphatic rings. The molecule has 0 saturated heterocycles. The molecule has 0 unspecified atom stereocenters. The number of hydrogen-bond donors (Lipinski definition) is 0. The third-order valence-corrected chi connectivity index (χ3v) is 1.48. The van der Waals surface area contributed by atoms with Gasteiger partial charge in [0.1, 0.15) is 19.3 Å². The predicted octanol–water partition coefficient (Wildman–Crippen LogP) is 0.371. The van der Waals surface area contributed by atoms with Crippen LogP contribution in [0.25, 0.3) is 0 Å². The van der Waals surface area contributed by atoms with E-state index in [1.165, 1.54) is 6.92 Å². The highest BCUT2D eigenvalue weighted by Gasteiger charge is 2.21. The molecule has 0 bridgehead atoms. The van der Waals surface area contributed by atoms with Gasteiger partial charge in [-0.25, -0.2) is 4.39 Å². The highest BCUT2D eigenvalue weighted by atomic mass is 19.1. The van der Waals surface area contributed by atoms with Crippen molar-refractivity contribution in [3.05, 3.63) is 11.9 Å². The number of ether oxygens (including phenoxy) is 2. The largest absolute Gasteiger partial charge is 0.463 e. The maximum Gasteiger partial charge on any atom is 0.302 e. The van der Waals surface area contributed by atoms with Gasteiger partial charge >= 0.3 is 5.97 Å². The number of ketones is 1. The van der Waals surface area contributed by atoms with Crippen LogP contribution >= 0.6 is 0 Å². The summed E-state index contributed by atoms with van der Waals surface area (Å²) < 4.78 is 22.1. The van der Waals surface area contributed by atoms with Crippen LogP contribution < -0.4 is 0 Å². The molecule has 13 heavy (non-hydrogen) atoms. The molecule has 1 atom stereocenters. The van der Waals surface area contributed by atoms with Crippen LogP contribution in [0.2, 0.25) is 0 Å². The fourth-order valence-electron chi connectivity index (χ4n) is 0.852. The number of hydrogen-bond acceptors (Lipinski definition) is 4. The van der Waals surface area contributed by atoms with Gasteiger partial charge < -0.3 is 9.47 Å². The lowest BCUT2D eigenvalue weighted by atomic mass is 10.2. The summed E-state index contributed by atoms with van der Waals surface area (Å²) in [7, 11) is 0. The van der Waals surface area contributed by atoms with Crippen molar-refractivity contribution in [1.82, 2.24) is 0 Å². The third kappa shape index (κ3) is 2.95. The molecule has 0 aromatic rings. The van der Waals surface area contributed by atoms with Crippen LogP contribution in [0.1, 0.15) is 6.92 Å². The van der Waals surface area contributed by atoms with Crippen LogP contribution in [0.4, 0.5) is 4.39 Å². The summed E-state index contributed by atoms with van der Waals surface area (Å²) in [6.45, 7) is 0.887. The lowest BCUT2D eigenvalue weighted by Gasteiger charge is -2.17. The highest BCUT2D eigenvalue weighted by Crippen LogP contribution is 2.11. The lowest BCUT2D eigenvalue weighted by molar-refractivity contribution is -0.145. The van der Waals surface area contributed by atoms with E-state index in [1.54, 1.807) is 0 Å². The molecule has 0 aliphatic carbocycles. The molecule has 0 amide bonds. The maximum atomic E-state index is 12.6. The summed E-state index contributed by atoms with van der Waals surface area (Å²) in [5.41, 5.74) is 0. The molecule has 0 fully saturated rings. The van der Waals surface area contributed by atoms with Gasteiger partial charge in [0.25, 0.3) is 0 Å². The van der Waals surface area contributed by atoms with E-state index in [4.69, 9.17) is 4.74 Å². The lowest BCUT2D eigenvalue weighted by Crippen LogP contribution is -2.27. The first-order valence-corrected chi connectivity index (χ1v) is 3.75. The standard InChI is InChI=1S/C8H9FO4/c1-5(10)12-3-6-2-7(9)8(11)4-13-6/h2,6H,3-4H2,1H3/t6-/m0/s1. The van der Waals surface area contributed by atoms with E-state index in [2.05, 4.69) is 4.74 Å². The molecule has 1 rings (SSSR count). The Morgan fingerprint density at radius 3 is 3.08 bits per heavy atom. The zero-order valence-electron chi connectivity index (χ0n) is 7.08. The number of carbonyl (C=O) groups is 2. The van der Waals surface area contributed by atoms with Crippen molar-refractivity contribution in [2.45, 2.75) is 13.0 Å². The first kappa shape index (κ1) is 9.85. The fourth-order valence-corrected chi connectivity index (χ4v) is 0.852. The van der Waals surface area contributed by atoms with Crippen LogP contribution in [0, 0.1) is 0 Å². The Labute approximate surface area is 74.3 Å². The second-order valence-electron chi connectivity index (χ2n) is 2.59. The molecule has 1 aliphatic heterocycles. The smallest absolute Gasteiger partial charge is 0.302 e. The van der Waals surface area contributed by atoms with Crippen LogP contribution in [0.5, 0.6) is 0 Å². The van der Waals surface area contributed by atoms with E-state index in [1.807, 2.05) is 0 Å². The number of Topliss-reactive ketones (excluding diaryl/α,β-unsaturated/α-hetero) is 1. The summed E-state index contributed by atoms with van der Waals surface area (Å²) in [6, 6.07) is 0. The fraction of sp³-hybridized carbons (Fsp3) is 0.500. The van der Waals surface area contributed by atoms with Crippen molar-refractivity contribution in [2.75, 3.05) is 13.2 Å². The minimum Gasteiger partial charge on any atom is -0.463 e. The summed E-state index contributed by atoms with van der Waals surface area (Å²) >= 11 is 0. The topological polar surface area (TPSA) is 52.6 Å². The Hall–Kier alpha value is -1.23. The molecule has 0 N–H and O–H groups in total. The number of esters is 1. The molecule has 1 heterocycles. The summed E-state index contributed by atoms with van der Waals surface area (Å²) in [4.78, 5) is 21.0. The van der Waals surface area contributed by atoms with Gasteiger partial charge in [0.15, 0.2) is 5.83 Å². The van der Waals surface area contributed by atoms with Crippen molar-refractivity contribution in [3.63, 3.8) is 0 Å². The Balaban J connectivity index is 2.45. The van der Waals surface area contributed by atoms with Gasteiger partial charge in [-0.05, 0) is 6.08 Å². The second-order valence-corrected chi connectivity index (χ2v) is 2.59. The molecule has 0 aromatic heterocycles. The Kier molecular flexibility index (Phi) is 3.13. The summed E-state index contributed by atoms with van der Waals surface area (Å²) in [5.74, 6) is -1.98. The molecule has 0 spiro atoms. The number of carbonyl (C=O) groups excluding carboxylic acids is 2. The van der Waals surface area contributed by atoms with Gasteiger partial charge in [0, 0.05) is 6.92 Å². The first-order valence-electron chi connectivity index (χ1n) is 3.75. The van der Waals surface area contributed by atoms with Crippen LogP contribution in [0.3, 0.4) is 0 Å². The molecular formula is C8H9FO4. The molecular weight excluding hydrogens is 179 g/mol. The molecule has 0 radical (unpaired) electrons. The summed E-state index contributed by atoms with van der Waals surface area (Å²) in [6.07, 6.45) is 0.357. The van der Waals surface area contributed by atoms with E-state index >= 15 is 0 Å². The van der Waals surface area contributed by atoms with Crippen LogP contribution in [-0.4, -0.2) is 31.1 Å². The Morgan fingerprint density at radius 1 is 1.85 bits per heavy atom. The van der Waals surface area contributed by atoms with Crippen LogP contribution in [-0.2, 0) is 19.1 Å². The molecule has 0 aromatic carbocycles. The Bertz CT molecular complexity index is 259. The molecule has 0 saturated carbocycles. The average Bonchev–Trinajstić information content (AvgIpc) is 2.07.